The fraction of sp³-hybridized carbons (Fsp3) is 0.105. The molecule has 2 amide bonds. The summed E-state index contributed by atoms with van der Waals surface area (Å²) in [5.74, 6) is 0. The fourth-order valence-electron chi connectivity index (χ4n) is 9.82. The zero-order chi connectivity index (χ0) is 61.0. The molecule has 0 unspecified atom stereocenters. The number of nitrogens with zero attached hydrogens (tertiary/aromatic N) is 6. The van der Waals surface area contributed by atoms with Crippen LogP contribution in [0, 0.1) is 0 Å². The second kappa shape index (κ2) is 27.8. The van der Waals surface area contributed by atoms with E-state index in [9.17, 15) is 9.59 Å². The number of anilines is 2. The van der Waals surface area contributed by atoms with E-state index in [0.29, 0.717) is 11.4 Å². The normalized spacial score (nSPS) is 11.0. The van der Waals surface area contributed by atoms with Crippen molar-refractivity contribution in [3.63, 3.8) is 0 Å². The van der Waals surface area contributed by atoms with E-state index in [1.165, 1.54) is 0 Å². The third-order valence-corrected chi connectivity index (χ3v) is 13.9. The van der Waals surface area contributed by atoms with Crippen molar-refractivity contribution in [2.45, 2.75) is 52.7 Å². The van der Waals surface area contributed by atoms with Crippen LogP contribution in [-0.2, 0) is 29.0 Å². The Morgan fingerprint density at radius 1 is 0.281 bits per heavy atom. The number of amides is 2. The molecule has 2 N–H and O–H groups in total. The van der Waals surface area contributed by atoms with Crippen LogP contribution in [0.1, 0.15) is 41.5 Å². The van der Waals surface area contributed by atoms with E-state index in [0.717, 1.165) is 112 Å². The third-order valence-electron chi connectivity index (χ3n) is 13.9. The molecule has 13 heteroatoms. The molecule has 12 rings (SSSR count). The average Bonchev–Trinajstić information content (AvgIpc) is 1.78. The summed E-state index contributed by atoms with van der Waals surface area (Å²) in [7, 11) is 0. The number of benzene rings is 6. The van der Waals surface area contributed by atoms with Gasteiger partial charge in [-0.2, -0.15) is 0 Å². The van der Waals surface area contributed by atoms with Crippen molar-refractivity contribution in [3.05, 3.63) is 267 Å². The Kier molecular flexibility index (Phi) is 19.2. The van der Waals surface area contributed by atoms with Crippen molar-refractivity contribution in [3.8, 4) is 112 Å². The molecule has 434 valence electrons. The molecular weight excluding hydrogens is 1150 g/mol. The van der Waals surface area contributed by atoms with Gasteiger partial charge >= 0.3 is 12.2 Å². The molecule has 0 fully saturated rings. The maximum Gasteiger partial charge on any atom is 0.412 e. The van der Waals surface area contributed by atoms with Gasteiger partial charge in [0, 0.05) is 55.6 Å². The predicted octanol–water partition coefficient (Wildman–Crippen LogP) is 19.1. The van der Waals surface area contributed by atoms with Crippen LogP contribution in [0.25, 0.3) is 112 Å². The van der Waals surface area contributed by atoms with Gasteiger partial charge in [0.25, 0.3) is 0 Å². The quantitative estimate of drug-likeness (QED) is 0.113. The van der Waals surface area contributed by atoms with Gasteiger partial charge in [-0.3, -0.25) is 30.6 Å². The second-order valence-electron chi connectivity index (χ2n) is 22.8. The minimum atomic E-state index is -0.554. The molecule has 12 nitrogen and oxygen atoms in total. The molecule has 12 aromatic rings. The minimum absolute atomic E-state index is 0. The van der Waals surface area contributed by atoms with Crippen LogP contribution in [0.3, 0.4) is 0 Å². The Morgan fingerprint density at radius 3 is 0.764 bits per heavy atom. The Bertz CT molecular complexity index is 3970. The second-order valence-corrected chi connectivity index (χ2v) is 22.8. The number of nitrogens with one attached hydrogen (secondary N) is 2. The van der Waals surface area contributed by atoms with E-state index in [-0.39, 0.29) is 19.5 Å². The van der Waals surface area contributed by atoms with Gasteiger partial charge in [0.05, 0.1) is 45.6 Å². The first-order valence-electron chi connectivity index (χ1n) is 28.9. The molecule has 0 radical (unpaired) electrons. The van der Waals surface area contributed by atoms with E-state index in [1.807, 2.05) is 163 Å². The number of carbonyl (C=O) groups excluding carboxylic acids is 2. The number of hydrogen-bond donors (Lipinski definition) is 2. The maximum atomic E-state index is 12.2. The summed E-state index contributed by atoms with van der Waals surface area (Å²) < 4.78 is 10.7. The number of pyridine rings is 6. The van der Waals surface area contributed by atoms with Crippen molar-refractivity contribution in [2.24, 2.45) is 0 Å². The Morgan fingerprint density at radius 2 is 0.528 bits per heavy atom. The molecule has 0 aliphatic rings. The van der Waals surface area contributed by atoms with Gasteiger partial charge in [-0.1, -0.05) is 121 Å². The van der Waals surface area contributed by atoms with Gasteiger partial charge in [-0.15, -0.1) is 0 Å². The summed E-state index contributed by atoms with van der Waals surface area (Å²) in [6.07, 6.45) is 6.18. The van der Waals surface area contributed by atoms with E-state index in [4.69, 9.17) is 19.4 Å². The summed E-state index contributed by atoms with van der Waals surface area (Å²) in [5, 5.41) is 5.58. The molecule has 0 saturated heterocycles. The first-order chi connectivity index (χ1) is 42.6. The van der Waals surface area contributed by atoms with Gasteiger partial charge in [0.1, 0.15) is 11.2 Å². The first-order valence-corrected chi connectivity index (χ1v) is 28.9. The molecule has 6 heterocycles. The zero-order valence-corrected chi connectivity index (χ0v) is 53.4. The molecule has 0 atom stereocenters. The number of ether oxygens (including phenoxy) is 2. The molecule has 0 saturated carbocycles. The van der Waals surface area contributed by atoms with Crippen molar-refractivity contribution in [2.75, 3.05) is 10.6 Å². The average molecular weight is 1220 g/mol. The summed E-state index contributed by atoms with van der Waals surface area (Å²) >= 11 is 0. The first kappa shape index (κ1) is 61.5. The summed E-state index contributed by atoms with van der Waals surface area (Å²) in [4.78, 5) is 52.3. The molecular formula is C76H64N8O4Zn. The van der Waals surface area contributed by atoms with Crippen LogP contribution >= 0.6 is 0 Å². The number of carbonyl (C=O) groups is 2. The molecule has 6 aromatic heterocycles. The fourth-order valence-corrected chi connectivity index (χ4v) is 9.82. The zero-order valence-electron chi connectivity index (χ0n) is 50.4. The summed E-state index contributed by atoms with van der Waals surface area (Å²) in [6, 6.07) is 81.1. The van der Waals surface area contributed by atoms with Gasteiger partial charge < -0.3 is 9.47 Å². The van der Waals surface area contributed by atoms with Gasteiger partial charge in [0.2, 0.25) is 0 Å². The van der Waals surface area contributed by atoms with E-state index < -0.39 is 23.4 Å². The largest absolute Gasteiger partial charge is 0.444 e. The maximum absolute atomic E-state index is 12.2. The standard InChI is InChI=1S/2C38H32N4O2.Zn/c2*1-38(2,3)44-37(43)41-32-18-16-26(17-19-32)27-10-8-11-28(22-27)29-12-9-13-30(23-29)31-24-35(33-14-4-6-20-39-33)42-36(25-31)34-15-5-7-21-40-34;/h2*4-25H,1-3H3,(H,41,43);. The van der Waals surface area contributed by atoms with Crippen LogP contribution in [0.2, 0.25) is 0 Å². The number of aromatic nitrogens is 6. The Labute approximate surface area is 532 Å². The van der Waals surface area contributed by atoms with Crippen molar-refractivity contribution >= 4 is 23.6 Å². The van der Waals surface area contributed by atoms with Crippen LogP contribution in [0.4, 0.5) is 21.0 Å². The molecule has 0 spiro atoms. The molecule has 89 heavy (non-hydrogen) atoms. The molecule has 0 bridgehead atoms. The number of rotatable bonds is 12. The smallest absolute Gasteiger partial charge is 0.412 e. The van der Waals surface area contributed by atoms with Crippen LogP contribution in [-0.4, -0.2) is 53.3 Å². The molecule has 0 aliphatic carbocycles. The third kappa shape index (κ3) is 16.5. The van der Waals surface area contributed by atoms with Gasteiger partial charge in [0.15, 0.2) is 0 Å². The minimum Gasteiger partial charge on any atom is -0.444 e. The Balaban J connectivity index is 0.000000194. The monoisotopic (exact) mass is 1220 g/mol. The van der Waals surface area contributed by atoms with Crippen molar-refractivity contribution in [1.82, 2.24) is 29.9 Å². The molecule has 6 aromatic carbocycles. The summed E-state index contributed by atoms with van der Waals surface area (Å²) in [5.41, 5.74) is 19.5. The SMILES string of the molecule is CC(C)(C)OC(=O)Nc1ccc(-c2cccc(-c3cccc(-c4cc(-c5ccccn5)nc(-c5ccccn5)c4)c3)c2)cc1.CC(C)(C)OC(=O)Nc1ccc(-c2cccc(-c3cccc(-c4cc(-c5ccccn5)nc(-c5ccccn5)c4)c3)c2)cc1.[Zn]. The molecule has 0 aliphatic heterocycles. The van der Waals surface area contributed by atoms with Crippen molar-refractivity contribution < 1.29 is 38.5 Å². The van der Waals surface area contributed by atoms with Crippen LogP contribution in [0.15, 0.2) is 267 Å². The number of hydrogen-bond acceptors (Lipinski definition) is 10. The topological polar surface area (TPSA) is 154 Å². The van der Waals surface area contributed by atoms with Crippen molar-refractivity contribution in [1.29, 1.82) is 0 Å². The van der Waals surface area contributed by atoms with E-state index in [2.05, 4.69) is 152 Å². The van der Waals surface area contributed by atoms with Gasteiger partial charge in [-0.05, 0) is 230 Å². The van der Waals surface area contributed by atoms with Crippen LogP contribution < -0.4 is 10.6 Å². The predicted molar refractivity (Wildman–Crippen MR) is 354 cm³/mol. The van der Waals surface area contributed by atoms with Gasteiger partial charge in [-0.25, -0.2) is 19.6 Å². The van der Waals surface area contributed by atoms with E-state index in [1.54, 1.807) is 24.8 Å². The van der Waals surface area contributed by atoms with E-state index >= 15 is 0 Å². The van der Waals surface area contributed by atoms with Crippen LogP contribution in [0.5, 0.6) is 0 Å². The summed E-state index contributed by atoms with van der Waals surface area (Å²) in [6.45, 7) is 11.0. The Hall–Kier alpha value is -10.6.